The van der Waals surface area contributed by atoms with E-state index in [2.05, 4.69) is 15.5 Å². The molecular formula is C10H5F3N4. The number of pyridine rings is 1. The Hall–Kier alpha value is -2.18. The van der Waals surface area contributed by atoms with Crippen molar-refractivity contribution in [2.24, 2.45) is 0 Å². The molecule has 2 heterocycles. The van der Waals surface area contributed by atoms with Crippen LogP contribution >= 0.6 is 0 Å². The molecule has 0 bridgehead atoms. The molecule has 0 aliphatic carbocycles. The molecule has 0 saturated carbocycles. The van der Waals surface area contributed by atoms with Gasteiger partial charge in [0, 0.05) is 5.39 Å². The van der Waals surface area contributed by atoms with Gasteiger partial charge in [0.05, 0.1) is 5.52 Å². The number of nitrogens with zero attached hydrogens (tertiary/aromatic N) is 4. The second kappa shape index (κ2) is 3.16. The van der Waals surface area contributed by atoms with Crippen molar-refractivity contribution in [1.82, 2.24) is 20.0 Å². The molecule has 0 unspecified atom stereocenters. The first-order valence-electron chi connectivity index (χ1n) is 4.74. The van der Waals surface area contributed by atoms with Crippen LogP contribution in [0.2, 0.25) is 0 Å². The van der Waals surface area contributed by atoms with Gasteiger partial charge in [-0.25, -0.2) is 0 Å². The van der Waals surface area contributed by atoms with Gasteiger partial charge in [-0.2, -0.15) is 17.7 Å². The van der Waals surface area contributed by atoms with E-state index in [0.717, 1.165) is 10.6 Å². The average Bonchev–Trinajstić information content (AvgIpc) is 2.75. The lowest BCUT2D eigenvalue weighted by Crippen LogP contribution is -2.08. The van der Waals surface area contributed by atoms with E-state index in [1.807, 2.05) is 0 Å². The van der Waals surface area contributed by atoms with Gasteiger partial charge >= 0.3 is 6.18 Å². The Labute approximate surface area is 92.7 Å². The van der Waals surface area contributed by atoms with Gasteiger partial charge in [0.15, 0.2) is 5.65 Å². The smallest absolute Gasteiger partial charge is 0.192 e. The summed E-state index contributed by atoms with van der Waals surface area (Å²) in [6, 6.07) is 7.70. The highest BCUT2D eigenvalue weighted by molar-refractivity contribution is 5.83. The van der Waals surface area contributed by atoms with E-state index in [1.54, 1.807) is 24.3 Å². The monoisotopic (exact) mass is 238 g/mol. The Kier molecular flexibility index (Phi) is 1.86. The molecule has 0 atom stereocenters. The van der Waals surface area contributed by atoms with Crippen LogP contribution in [0.1, 0.15) is 5.56 Å². The van der Waals surface area contributed by atoms with Crippen molar-refractivity contribution in [3.63, 3.8) is 0 Å². The van der Waals surface area contributed by atoms with Crippen LogP contribution in [-0.4, -0.2) is 20.0 Å². The van der Waals surface area contributed by atoms with Crippen LogP contribution < -0.4 is 0 Å². The zero-order chi connectivity index (χ0) is 12.0. The molecule has 7 heteroatoms. The number of fused-ring (bicyclic) bond motifs is 3. The predicted octanol–water partition coefficient (Wildman–Crippen LogP) is 2.30. The van der Waals surface area contributed by atoms with E-state index in [0.29, 0.717) is 10.9 Å². The quantitative estimate of drug-likeness (QED) is 0.603. The van der Waals surface area contributed by atoms with Crippen molar-refractivity contribution in [3.05, 3.63) is 35.9 Å². The van der Waals surface area contributed by atoms with Gasteiger partial charge in [-0.3, -0.25) is 0 Å². The Bertz CT molecular complexity index is 701. The van der Waals surface area contributed by atoms with Gasteiger partial charge in [0.1, 0.15) is 5.56 Å². The van der Waals surface area contributed by atoms with Crippen LogP contribution in [0.5, 0.6) is 0 Å². The fourth-order valence-electron chi connectivity index (χ4n) is 1.75. The van der Waals surface area contributed by atoms with E-state index in [4.69, 9.17) is 0 Å². The zero-order valence-corrected chi connectivity index (χ0v) is 8.31. The molecule has 0 spiro atoms. The Morgan fingerprint density at radius 1 is 1.12 bits per heavy atom. The first-order chi connectivity index (χ1) is 8.07. The molecule has 3 rings (SSSR count). The highest BCUT2D eigenvalue weighted by Crippen LogP contribution is 2.33. The lowest BCUT2D eigenvalue weighted by atomic mass is 10.1. The van der Waals surface area contributed by atoms with Crippen LogP contribution in [0.3, 0.4) is 0 Å². The summed E-state index contributed by atoms with van der Waals surface area (Å²) in [5.41, 5.74) is -0.571. The Morgan fingerprint density at radius 3 is 2.65 bits per heavy atom. The maximum absolute atomic E-state index is 12.8. The molecule has 86 valence electrons. The highest BCUT2D eigenvalue weighted by atomic mass is 19.4. The lowest BCUT2D eigenvalue weighted by Gasteiger charge is -2.08. The molecule has 0 aliphatic heterocycles. The molecule has 0 fully saturated rings. The second-order valence-corrected chi connectivity index (χ2v) is 3.53. The van der Waals surface area contributed by atoms with Gasteiger partial charge in [0.2, 0.25) is 0 Å². The number of aromatic nitrogens is 4. The predicted molar refractivity (Wildman–Crippen MR) is 53.3 cm³/mol. The first-order valence-corrected chi connectivity index (χ1v) is 4.74. The largest absolute Gasteiger partial charge is 0.420 e. The fraction of sp³-hybridized carbons (Fsp3) is 0.100. The minimum absolute atomic E-state index is 0.281. The maximum Gasteiger partial charge on any atom is 0.420 e. The van der Waals surface area contributed by atoms with Crippen molar-refractivity contribution in [3.8, 4) is 0 Å². The van der Waals surface area contributed by atoms with Crippen molar-refractivity contribution in [1.29, 1.82) is 0 Å². The number of para-hydroxylation sites is 1. The van der Waals surface area contributed by atoms with Gasteiger partial charge in [-0.05, 0) is 22.6 Å². The summed E-state index contributed by atoms with van der Waals surface area (Å²) < 4.78 is 39.5. The summed E-state index contributed by atoms with van der Waals surface area (Å²) in [7, 11) is 0. The van der Waals surface area contributed by atoms with Crippen LogP contribution in [0.4, 0.5) is 13.2 Å². The number of tetrazole rings is 1. The van der Waals surface area contributed by atoms with E-state index >= 15 is 0 Å². The molecule has 2 aromatic heterocycles. The molecule has 0 N–H and O–H groups in total. The standard InChI is InChI=1S/C10H5F3N4/c11-10(12,13)7-5-6-3-1-2-4-8(6)17-9(7)14-15-16-17/h1-5H. The van der Waals surface area contributed by atoms with Crippen LogP contribution in [-0.2, 0) is 6.18 Å². The third-order valence-electron chi connectivity index (χ3n) is 2.48. The fourth-order valence-corrected chi connectivity index (χ4v) is 1.75. The summed E-state index contributed by atoms with van der Waals surface area (Å²) in [5, 5.41) is 10.7. The second-order valence-electron chi connectivity index (χ2n) is 3.53. The Morgan fingerprint density at radius 2 is 1.88 bits per heavy atom. The molecule has 0 saturated heterocycles. The zero-order valence-electron chi connectivity index (χ0n) is 8.31. The molecule has 0 aliphatic rings. The summed E-state index contributed by atoms with van der Waals surface area (Å²) >= 11 is 0. The van der Waals surface area contributed by atoms with Crippen LogP contribution in [0.15, 0.2) is 30.3 Å². The summed E-state index contributed by atoms with van der Waals surface area (Å²) in [6.07, 6.45) is -4.47. The number of benzene rings is 1. The SMILES string of the molecule is FC(F)(F)c1cc2ccccc2n2nnnc12. The van der Waals surface area contributed by atoms with Crippen LogP contribution in [0, 0.1) is 0 Å². The molecule has 4 nitrogen and oxygen atoms in total. The summed E-state index contributed by atoms with van der Waals surface area (Å²) in [4.78, 5) is 0. The number of alkyl halides is 3. The van der Waals surface area contributed by atoms with Crippen LogP contribution in [0.25, 0.3) is 16.6 Å². The molecule has 0 radical (unpaired) electrons. The summed E-state index contributed by atoms with van der Waals surface area (Å²) in [6.45, 7) is 0. The number of halogens is 3. The molecule has 3 aromatic rings. The van der Waals surface area contributed by atoms with Gasteiger partial charge in [0.25, 0.3) is 0 Å². The number of hydrogen-bond donors (Lipinski definition) is 0. The van der Waals surface area contributed by atoms with Crippen molar-refractivity contribution < 1.29 is 13.2 Å². The minimum atomic E-state index is -4.47. The number of rotatable bonds is 0. The molecule has 1 aromatic carbocycles. The minimum Gasteiger partial charge on any atom is -0.192 e. The molecule has 0 amide bonds. The van der Waals surface area contributed by atoms with Gasteiger partial charge in [-0.15, -0.1) is 5.10 Å². The first kappa shape index (κ1) is 10.0. The van der Waals surface area contributed by atoms with Gasteiger partial charge in [-0.1, -0.05) is 18.2 Å². The van der Waals surface area contributed by atoms with Crippen molar-refractivity contribution >= 4 is 16.6 Å². The summed E-state index contributed by atoms with van der Waals surface area (Å²) in [5.74, 6) is 0. The van der Waals surface area contributed by atoms with E-state index in [-0.39, 0.29) is 5.65 Å². The molecular weight excluding hydrogens is 233 g/mol. The van der Waals surface area contributed by atoms with Crippen molar-refractivity contribution in [2.45, 2.75) is 6.18 Å². The maximum atomic E-state index is 12.8. The third kappa shape index (κ3) is 1.42. The number of hydrogen-bond acceptors (Lipinski definition) is 3. The highest BCUT2D eigenvalue weighted by Gasteiger charge is 2.35. The van der Waals surface area contributed by atoms with E-state index < -0.39 is 11.7 Å². The van der Waals surface area contributed by atoms with Gasteiger partial charge < -0.3 is 0 Å². The van der Waals surface area contributed by atoms with Crippen molar-refractivity contribution in [2.75, 3.05) is 0 Å². The molecule has 17 heavy (non-hydrogen) atoms. The topological polar surface area (TPSA) is 43.1 Å². The lowest BCUT2D eigenvalue weighted by molar-refractivity contribution is -0.136. The Balaban J connectivity index is 2.53. The average molecular weight is 238 g/mol. The normalized spacial score (nSPS) is 12.4. The van der Waals surface area contributed by atoms with E-state index in [1.165, 1.54) is 0 Å². The third-order valence-corrected chi connectivity index (χ3v) is 2.48. The van der Waals surface area contributed by atoms with E-state index in [9.17, 15) is 13.2 Å².